The normalized spacial score (nSPS) is 13.2. The zero-order valence-electron chi connectivity index (χ0n) is 17.5. The van der Waals surface area contributed by atoms with Gasteiger partial charge in [-0.2, -0.15) is 0 Å². The summed E-state index contributed by atoms with van der Waals surface area (Å²) >= 11 is 3.44. The maximum absolute atomic E-state index is 13.1. The lowest BCUT2D eigenvalue weighted by Gasteiger charge is -2.42. The van der Waals surface area contributed by atoms with E-state index < -0.39 is 13.1 Å². The molecule has 0 saturated carbocycles. The molecule has 0 amide bonds. The Morgan fingerprint density at radius 1 is 0.857 bits per heavy atom. The number of halogens is 2. The van der Waals surface area contributed by atoms with Crippen molar-refractivity contribution in [2.45, 2.75) is 63.0 Å². The zero-order valence-corrected chi connectivity index (χ0v) is 20.1. The van der Waals surface area contributed by atoms with Crippen molar-refractivity contribution >= 4 is 30.0 Å². The first-order chi connectivity index (χ1) is 13.1. The molecule has 0 heterocycles. The third-order valence-electron chi connectivity index (χ3n) is 5.53. The van der Waals surface area contributed by atoms with Crippen LogP contribution in [-0.4, -0.2) is 14.1 Å². The van der Waals surface area contributed by atoms with Crippen LogP contribution in [0, 0.1) is 5.82 Å². The van der Waals surface area contributed by atoms with Gasteiger partial charge in [0.05, 0.1) is 0 Å². The molecule has 2 aromatic rings. The Balaban J connectivity index is 2.22. The fourth-order valence-electron chi connectivity index (χ4n) is 4.17. The minimum atomic E-state index is -2.02. The molecule has 0 bridgehead atoms. The monoisotopic (exact) mass is 464 g/mol. The molecular weight excluding hydrogens is 435 g/mol. The Bertz CT molecular complexity index is 763. The van der Waals surface area contributed by atoms with Crippen LogP contribution >= 0.6 is 15.9 Å². The van der Waals surface area contributed by atoms with E-state index in [1.165, 1.54) is 12.1 Å². The van der Waals surface area contributed by atoms with Crippen LogP contribution in [0.1, 0.15) is 62.3 Å². The summed E-state index contributed by atoms with van der Waals surface area (Å²) in [6.45, 7) is 13.5. The predicted octanol–water partition coefficient (Wildman–Crippen LogP) is 7.70. The van der Waals surface area contributed by atoms with Crippen LogP contribution in [0.25, 0.3) is 0 Å². The maximum atomic E-state index is 13.1. The maximum Gasteiger partial charge on any atom is 0.258 e. The summed E-state index contributed by atoms with van der Waals surface area (Å²) in [6, 6.07) is 13.4. The van der Waals surface area contributed by atoms with Crippen LogP contribution in [0.15, 0.2) is 48.5 Å². The number of carbonyl (C=O) groups excluding carboxylic acids is 1. The molecule has 0 saturated heterocycles. The second kappa shape index (κ2) is 9.36. The summed E-state index contributed by atoms with van der Waals surface area (Å²) in [6.07, 6.45) is 0. The number of hydrogen-bond donors (Lipinski definition) is 0. The van der Waals surface area contributed by atoms with E-state index in [4.69, 9.17) is 4.43 Å². The Labute approximate surface area is 177 Å². The molecule has 152 valence electrons. The second-order valence-corrected chi connectivity index (χ2v) is 14.5. The summed E-state index contributed by atoms with van der Waals surface area (Å²) in [5.41, 5.74) is 2.79. The fourth-order valence-corrected chi connectivity index (χ4v) is 10.00. The minimum Gasteiger partial charge on any atom is -0.543 e. The molecule has 0 spiro atoms. The SMILES string of the molecule is CC(C)[Si](Oc1ccc(C(=O)C(Br)c2ccc(F)cc2)cc1)(C(C)C)C(C)C. The van der Waals surface area contributed by atoms with Gasteiger partial charge in [0.1, 0.15) is 16.4 Å². The van der Waals surface area contributed by atoms with Crippen molar-refractivity contribution in [3.63, 3.8) is 0 Å². The van der Waals surface area contributed by atoms with Gasteiger partial charge in [-0.25, -0.2) is 4.39 Å². The number of ketones is 1. The number of alkyl halides is 1. The number of hydrogen-bond acceptors (Lipinski definition) is 2. The van der Waals surface area contributed by atoms with Crippen LogP contribution < -0.4 is 4.43 Å². The fraction of sp³-hybridized carbons (Fsp3) is 0.435. The number of benzene rings is 2. The number of Topliss-reactive ketones (excluding diaryl/α,β-unsaturated/α-hetero) is 1. The van der Waals surface area contributed by atoms with Gasteiger partial charge in [0.15, 0.2) is 5.78 Å². The van der Waals surface area contributed by atoms with E-state index in [1.807, 2.05) is 24.3 Å². The lowest BCUT2D eigenvalue weighted by Crippen LogP contribution is -2.50. The van der Waals surface area contributed by atoms with E-state index in [2.05, 4.69) is 57.5 Å². The first-order valence-corrected chi connectivity index (χ1v) is 12.9. The highest BCUT2D eigenvalue weighted by Gasteiger charge is 2.46. The summed E-state index contributed by atoms with van der Waals surface area (Å²) in [7, 11) is -2.02. The van der Waals surface area contributed by atoms with Crippen molar-refractivity contribution in [3.8, 4) is 5.75 Å². The van der Waals surface area contributed by atoms with E-state index in [0.717, 1.165) is 11.3 Å². The molecule has 1 atom stereocenters. The Hall–Kier alpha value is -1.46. The zero-order chi connectivity index (χ0) is 21.1. The van der Waals surface area contributed by atoms with Gasteiger partial charge in [0.25, 0.3) is 8.32 Å². The first-order valence-electron chi connectivity index (χ1n) is 9.82. The average molecular weight is 465 g/mol. The van der Waals surface area contributed by atoms with Crippen molar-refractivity contribution < 1.29 is 13.6 Å². The Morgan fingerprint density at radius 2 is 1.32 bits per heavy atom. The largest absolute Gasteiger partial charge is 0.543 e. The lowest BCUT2D eigenvalue weighted by molar-refractivity contribution is 0.0991. The van der Waals surface area contributed by atoms with Gasteiger partial charge in [-0.3, -0.25) is 4.79 Å². The molecule has 2 rings (SSSR count). The topological polar surface area (TPSA) is 26.3 Å². The van der Waals surface area contributed by atoms with Crippen LogP contribution in [0.3, 0.4) is 0 Å². The predicted molar refractivity (Wildman–Crippen MR) is 121 cm³/mol. The van der Waals surface area contributed by atoms with E-state index in [-0.39, 0.29) is 11.6 Å². The van der Waals surface area contributed by atoms with Gasteiger partial charge >= 0.3 is 0 Å². The summed E-state index contributed by atoms with van der Waals surface area (Å²) in [4.78, 5) is 12.3. The van der Waals surface area contributed by atoms with Gasteiger partial charge in [-0.05, 0) is 58.6 Å². The van der Waals surface area contributed by atoms with Crippen molar-refractivity contribution in [1.29, 1.82) is 0 Å². The van der Waals surface area contributed by atoms with E-state index in [0.29, 0.717) is 22.2 Å². The summed E-state index contributed by atoms with van der Waals surface area (Å²) < 4.78 is 19.8. The standard InChI is InChI=1S/C23H30BrFO2Si/c1-15(2)28(16(3)4,17(5)6)27-21-13-9-19(10-14-21)23(26)22(24)18-7-11-20(25)12-8-18/h7-17,22H,1-6H3. The quantitative estimate of drug-likeness (QED) is 0.227. The highest BCUT2D eigenvalue weighted by atomic mass is 79.9. The molecule has 2 aromatic carbocycles. The molecule has 1 unspecified atom stereocenters. The van der Waals surface area contributed by atoms with Gasteiger partial charge < -0.3 is 4.43 Å². The molecule has 0 aliphatic rings. The molecule has 0 aliphatic carbocycles. The van der Waals surface area contributed by atoms with Crippen molar-refractivity contribution in [2.75, 3.05) is 0 Å². The molecule has 0 N–H and O–H groups in total. The van der Waals surface area contributed by atoms with E-state index in [9.17, 15) is 9.18 Å². The average Bonchev–Trinajstić information content (AvgIpc) is 2.65. The highest BCUT2D eigenvalue weighted by molar-refractivity contribution is 9.09. The number of carbonyl (C=O) groups is 1. The molecule has 28 heavy (non-hydrogen) atoms. The van der Waals surface area contributed by atoms with Crippen LogP contribution in [0.2, 0.25) is 16.6 Å². The molecule has 0 aromatic heterocycles. The van der Waals surface area contributed by atoms with Gasteiger partial charge in [-0.1, -0.05) is 69.6 Å². The van der Waals surface area contributed by atoms with E-state index >= 15 is 0 Å². The summed E-state index contributed by atoms with van der Waals surface area (Å²) in [5, 5.41) is 0. The van der Waals surface area contributed by atoms with Gasteiger partial charge in [-0.15, -0.1) is 0 Å². The Morgan fingerprint density at radius 3 is 1.75 bits per heavy atom. The number of rotatable bonds is 8. The third-order valence-corrected chi connectivity index (χ3v) is 12.5. The smallest absolute Gasteiger partial charge is 0.258 e. The third kappa shape index (κ3) is 4.74. The molecule has 0 fully saturated rings. The molecular formula is C23H30BrFO2Si. The van der Waals surface area contributed by atoms with Crippen molar-refractivity contribution in [3.05, 3.63) is 65.5 Å². The molecule has 0 aliphatic heterocycles. The van der Waals surface area contributed by atoms with Gasteiger partial charge in [0.2, 0.25) is 0 Å². The molecule has 0 radical (unpaired) electrons. The van der Waals surface area contributed by atoms with Crippen LogP contribution in [0.5, 0.6) is 5.75 Å². The first kappa shape index (κ1) is 22.8. The van der Waals surface area contributed by atoms with Crippen LogP contribution in [0.4, 0.5) is 4.39 Å². The molecule has 2 nitrogen and oxygen atoms in total. The highest BCUT2D eigenvalue weighted by Crippen LogP contribution is 2.42. The molecule has 5 heteroatoms. The lowest BCUT2D eigenvalue weighted by atomic mass is 10.0. The van der Waals surface area contributed by atoms with Crippen molar-refractivity contribution in [1.82, 2.24) is 0 Å². The van der Waals surface area contributed by atoms with Gasteiger partial charge in [0, 0.05) is 5.56 Å². The van der Waals surface area contributed by atoms with Crippen LogP contribution in [-0.2, 0) is 0 Å². The van der Waals surface area contributed by atoms with Crippen molar-refractivity contribution in [2.24, 2.45) is 0 Å². The van der Waals surface area contributed by atoms with E-state index in [1.54, 1.807) is 12.1 Å². The summed E-state index contributed by atoms with van der Waals surface area (Å²) in [5.74, 6) is 0.455. The second-order valence-electron chi connectivity index (χ2n) is 8.22. The Kier molecular flexibility index (Phi) is 7.63. The minimum absolute atomic E-state index is 0.0572.